The molecule has 0 spiro atoms. The number of nitrogens with one attached hydrogen (secondary N) is 1. The molecule has 0 unspecified atom stereocenters. The summed E-state index contributed by atoms with van der Waals surface area (Å²) in [5.41, 5.74) is 2.82. The van der Waals surface area contributed by atoms with Gasteiger partial charge in [0.2, 0.25) is 0 Å². The van der Waals surface area contributed by atoms with Gasteiger partial charge in [0.15, 0.2) is 0 Å². The van der Waals surface area contributed by atoms with E-state index >= 15 is 0 Å². The predicted octanol–water partition coefficient (Wildman–Crippen LogP) is 2.15. The van der Waals surface area contributed by atoms with Crippen molar-refractivity contribution in [1.82, 2.24) is 4.98 Å². The number of H-pyrrole nitrogens is 1. The molecule has 3 heteroatoms. The summed E-state index contributed by atoms with van der Waals surface area (Å²) >= 11 is 0. The maximum atomic E-state index is 11.5. The van der Waals surface area contributed by atoms with Gasteiger partial charge in [-0.1, -0.05) is 12.2 Å². The fourth-order valence-electron chi connectivity index (χ4n) is 1.71. The van der Waals surface area contributed by atoms with Crippen LogP contribution in [0.1, 0.15) is 35.0 Å². The molecule has 14 heavy (non-hydrogen) atoms. The maximum Gasteiger partial charge on any atom is 0.355 e. The molecule has 0 fully saturated rings. The number of carbonyl (C=O) groups is 1. The van der Waals surface area contributed by atoms with Gasteiger partial charge in [-0.15, -0.1) is 0 Å². The van der Waals surface area contributed by atoms with Crippen LogP contribution in [0.2, 0.25) is 0 Å². The summed E-state index contributed by atoms with van der Waals surface area (Å²) in [5.74, 6) is -0.246. The van der Waals surface area contributed by atoms with Gasteiger partial charge in [-0.25, -0.2) is 4.79 Å². The quantitative estimate of drug-likeness (QED) is 0.728. The fraction of sp³-hybridized carbons (Fsp3) is 0.364. The van der Waals surface area contributed by atoms with E-state index in [9.17, 15) is 4.79 Å². The number of rotatable bonds is 2. The number of hydrogen-bond acceptors (Lipinski definition) is 2. The zero-order chi connectivity index (χ0) is 9.97. The first-order valence-corrected chi connectivity index (χ1v) is 4.87. The molecule has 0 aromatic carbocycles. The monoisotopic (exact) mass is 191 g/mol. The van der Waals surface area contributed by atoms with Crippen molar-refractivity contribution in [2.75, 3.05) is 6.61 Å². The SMILES string of the molecule is CCOC(=O)c1[nH]cc2c1CCC=C2. The molecule has 3 nitrogen and oxygen atoms in total. The average Bonchev–Trinajstić information content (AvgIpc) is 2.61. The summed E-state index contributed by atoms with van der Waals surface area (Å²) in [6, 6.07) is 0. The number of esters is 1. The van der Waals surface area contributed by atoms with E-state index in [0.717, 1.165) is 24.0 Å². The lowest BCUT2D eigenvalue weighted by Crippen LogP contribution is -2.08. The van der Waals surface area contributed by atoms with Crippen LogP contribution in [0, 0.1) is 0 Å². The predicted molar refractivity (Wildman–Crippen MR) is 54.1 cm³/mol. The van der Waals surface area contributed by atoms with Crippen molar-refractivity contribution in [3.63, 3.8) is 0 Å². The van der Waals surface area contributed by atoms with Crippen LogP contribution >= 0.6 is 0 Å². The highest BCUT2D eigenvalue weighted by Gasteiger charge is 2.18. The van der Waals surface area contributed by atoms with E-state index in [2.05, 4.69) is 11.1 Å². The molecule has 0 radical (unpaired) electrons. The Morgan fingerprint density at radius 3 is 3.29 bits per heavy atom. The summed E-state index contributed by atoms with van der Waals surface area (Å²) in [5, 5.41) is 0. The highest BCUT2D eigenvalue weighted by Crippen LogP contribution is 2.22. The summed E-state index contributed by atoms with van der Waals surface area (Å²) < 4.78 is 4.96. The van der Waals surface area contributed by atoms with Gasteiger partial charge < -0.3 is 9.72 Å². The van der Waals surface area contributed by atoms with Gasteiger partial charge >= 0.3 is 5.97 Å². The van der Waals surface area contributed by atoms with Crippen LogP contribution in [0.5, 0.6) is 0 Å². The number of aromatic amines is 1. The third-order valence-corrected chi connectivity index (χ3v) is 2.36. The summed E-state index contributed by atoms with van der Waals surface area (Å²) in [6.07, 6.45) is 7.93. The molecule has 1 aromatic rings. The van der Waals surface area contributed by atoms with E-state index in [1.807, 2.05) is 19.2 Å². The molecule has 0 aliphatic heterocycles. The van der Waals surface area contributed by atoms with Crippen molar-refractivity contribution >= 4 is 12.0 Å². The largest absolute Gasteiger partial charge is 0.461 e. The standard InChI is InChI=1S/C11H13NO2/c1-2-14-11(13)10-9-6-4-3-5-8(9)7-12-10/h3,5,7,12H,2,4,6H2,1H3. The summed E-state index contributed by atoms with van der Waals surface area (Å²) in [7, 11) is 0. The van der Waals surface area contributed by atoms with E-state index in [4.69, 9.17) is 4.74 Å². The molecule has 0 amide bonds. The molecule has 1 aromatic heterocycles. The minimum atomic E-state index is -0.246. The van der Waals surface area contributed by atoms with E-state index in [-0.39, 0.29) is 5.97 Å². The number of carbonyl (C=O) groups excluding carboxylic acids is 1. The molecule has 2 rings (SSSR count). The van der Waals surface area contributed by atoms with Crippen molar-refractivity contribution in [1.29, 1.82) is 0 Å². The molecule has 0 saturated heterocycles. The van der Waals surface area contributed by atoms with E-state index in [1.54, 1.807) is 0 Å². The lowest BCUT2D eigenvalue weighted by molar-refractivity contribution is 0.0519. The normalized spacial score (nSPS) is 13.8. The Balaban J connectivity index is 2.31. The number of ether oxygens (including phenoxy) is 1. The fourth-order valence-corrected chi connectivity index (χ4v) is 1.71. The van der Waals surface area contributed by atoms with Gasteiger partial charge in [-0.05, 0) is 30.9 Å². The first-order valence-electron chi connectivity index (χ1n) is 4.87. The summed E-state index contributed by atoms with van der Waals surface area (Å²) in [4.78, 5) is 14.5. The highest BCUT2D eigenvalue weighted by molar-refractivity contribution is 5.90. The van der Waals surface area contributed by atoms with Gasteiger partial charge in [0.25, 0.3) is 0 Å². The van der Waals surface area contributed by atoms with Crippen molar-refractivity contribution in [3.05, 3.63) is 29.1 Å². The Kier molecular flexibility index (Phi) is 2.39. The van der Waals surface area contributed by atoms with Crippen molar-refractivity contribution < 1.29 is 9.53 Å². The Morgan fingerprint density at radius 2 is 2.50 bits per heavy atom. The molecule has 1 N–H and O–H groups in total. The van der Waals surface area contributed by atoms with Gasteiger partial charge in [-0.3, -0.25) is 0 Å². The second kappa shape index (κ2) is 3.70. The number of allylic oxidation sites excluding steroid dienone is 1. The molecule has 74 valence electrons. The van der Waals surface area contributed by atoms with Crippen LogP contribution in [-0.2, 0) is 11.2 Å². The average molecular weight is 191 g/mol. The van der Waals surface area contributed by atoms with Crippen LogP contribution in [0.15, 0.2) is 12.3 Å². The molecule has 0 bridgehead atoms. The molecule has 1 aliphatic rings. The van der Waals surface area contributed by atoms with Crippen LogP contribution in [-0.4, -0.2) is 17.6 Å². The van der Waals surface area contributed by atoms with Gasteiger partial charge in [0.1, 0.15) is 5.69 Å². The zero-order valence-electron chi connectivity index (χ0n) is 8.17. The van der Waals surface area contributed by atoms with Crippen LogP contribution < -0.4 is 0 Å². The Hall–Kier alpha value is -1.51. The van der Waals surface area contributed by atoms with Crippen LogP contribution in [0.3, 0.4) is 0 Å². The Labute approximate surface area is 82.8 Å². The van der Waals surface area contributed by atoms with E-state index in [0.29, 0.717) is 12.3 Å². The maximum absolute atomic E-state index is 11.5. The van der Waals surface area contributed by atoms with Crippen molar-refractivity contribution in [3.8, 4) is 0 Å². The lowest BCUT2D eigenvalue weighted by atomic mass is 10.00. The molecular weight excluding hydrogens is 178 g/mol. The van der Waals surface area contributed by atoms with Crippen LogP contribution in [0.25, 0.3) is 6.08 Å². The van der Waals surface area contributed by atoms with E-state index in [1.165, 1.54) is 0 Å². The molecule has 1 heterocycles. The van der Waals surface area contributed by atoms with Crippen molar-refractivity contribution in [2.24, 2.45) is 0 Å². The second-order valence-electron chi connectivity index (χ2n) is 3.26. The smallest absolute Gasteiger partial charge is 0.355 e. The first-order chi connectivity index (χ1) is 6.83. The number of aromatic nitrogens is 1. The minimum absolute atomic E-state index is 0.246. The Morgan fingerprint density at radius 1 is 1.64 bits per heavy atom. The molecular formula is C11H13NO2. The second-order valence-corrected chi connectivity index (χ2v) is 3.26. The van der Waals surface area contributed by atoms with Crippen LogP contribution in [0.4, 0.5) is 0 Å². The third-order valence-electron chi connectivity index (χ3n) is 2.36. The third kappa shape index (κ3) is 1.45. The van der Waals surface area contributed by atoms with Crippen molar-refractivity contribution in [2.45, 2.75) is 19.8 Å². The first kappa shape index (κ1) is 9.06. The number of fused-ring (bicyclic) bond motifs is 1. The van der Waals surface area contributed by atoms with Gasteiger partial charge in [0.05, 0.1) is 6.61 Å². The summed E-state index contributed by atoms with van der Waals surface area (Å²) in [6.45, 7) is 2.23. The van der Waals surface area contributed by atoms with Gasteiger partial charge in [-0.2, -0.15) is 0 Å². The molecule has 0 saturated carbocycles. The number of hydrogen-bond donors (Lipinski definition) is 1. The van der Waals surface area contributed by atoms with E-state index < -0.39 is 0 Å². The highest BCUT2D eigenvalue weighted by atomic mass is 16.5. The Bertz CT molecular complexity index is 377. The zero-order valence-corrected chi connectivity index (χ0v) is 8.17. The molecule has 1 aliphatic carbocycles. The minimum Gasteiger partial charge on any atom is -0.461 e. The lowest BCUT2D eigenvalue weighted by Gasteiger charge is -2.07. The topological polar surface area (TPSA) is 42.1 Å². The molecule has 0 atom stereocenters. The van der Waals surface area contributed by atoms with Gasteiger partial charge in [0, 0.05) is 6.20 Å².